The molecule has 1 saturated carbocycles. The Kier molecular flexibility index (Phi) is 4.92. The van der Waals surface area contributed by atoms with Crippen molar-refractivity contribution in [1.82, 2.24) is 18.7 Å². The summed E-state index contributed by atoms with van der Waals surface area (Å²) in [5, 5.41) is 0. The minimum atomic E-state index is -1.14. The molecule has 0 bridgehead atoms. The van der Waals surface area contributed by atoms with Crippen LogP contribution in [-0.2, 0) is 6.54 Å². The number of fused-ring (bicyclic) bond motifs is 1. The Balaban J connectivity index is 1.71. The molecule has 5 rings (SSSR count). The van der Waals surface area contributed by atoms with Crippen LogP contribution in [0, 0.1) is 11.6 Å². The molecule has 0 amide bonds. The van der Waals surface area contributed by atoms with Crippen molar-refractivity contribution in [3.63, 3.8) is 0 Å². The Bertz CT molecular complexity index is 1530. The van der Waals surface area contributed by atoms with Crippen LogP contribution in [0.25, 0.3) is 16.9 Å². The zero-order valence-corrected chi connectivity index (χ0v) is 17.5. The Morgan fingerprint density at radius 2 is 1.88 bits per heavy atom. The lowest BCUT2D eigenvalue weighted by Crippen LogP contribution is -2.39. The van der Waals surface area contributed by atoms with Gasteiger partial charge in [-0.25, -0.2) is 23.1 Å². The van der Waals surface area contributed by atoms with E-state index in [1.165, 1.54) is 33.2 Å². The van der Waals surface area contributed by atoms with Gasteiger partial charge in [0.25, 0.3) is 5.56 Å². The molecule has 10 heteroatoms. The van der Waals surface area contributed by atoms with Crippen molar-refractivity contribution < 1.29 is 18.3 Å². The Labute approximate surface area is 185 Å². The number of hydrogen-bond donors (Lipinski definition) is 0. The van der Waals surface area contributed by atoms with E-state index in [4.69, 9.17) is 4.74 Å². The standard InChI is InChI=1S/C23H18F2N4O4/c1-33-19-5-3-2-4-17(19)29-21-20(22(31)28(23(29)32)14-7-8-14)27(12-26-21)11-18(30)13-6-9-15(24)16(25)10-13/h2-6,9-10,12,14H,7-8,11H2,1H3. The van der Waals surface area contributed by atoms with E-state index < -0.39 is 28.7 Å². The van der Waals surface area contributed by atoms with Gasteiger partial charge < -0.3 is 9.30 Å². The number of rotatable bonds is 6. The third-order valence-corrected chi connectivity index (χ3v) is 5.64. The summed E-state index contributed by atoms with van der Waals surface area (Å²) in [5.41, 5.74) is -0.610. The first-order valence-electron chi connectivity index (χ1n) is 10.2. The number of para-hydroxylation sites is 2. The van der Waals surface area contributed by atoms with E-state index in [-0.39, 0.29) is 29.3 Å². The minimum absolute atomic E-state index is 0.0451. The maximum Gasteiger partial charge on any atom is 0.337 e. The molecule has 0 saturated heterocycles. The molecule has 0 spiro atoms. The summed E-state index contributed by atoms with van der Waals surface area (Å²) < 4.78 is 36.0. The molecule has 0 unspecified atom stereocenters. The van der Waals surface area contributed by atoms with Gasteiger partial charge in [0, 0.05) is 11.6 Å². The molecular formula is C23H18F2N4O4. The SMILES string of the molecule is COc1ccccc1-n1c(=O)n(C2CC2)c(=O)c2c1ncn2CC(=O)c1ccc(F)c(F)c1. The Morgan fingerprint density at radius 1 is 1.12 bits per heavy atom. The first kappa shape index (κ1) is 20.8. The van der Waals surface area contributed by atoms with E-state index in [9.17, 15) is 23.2 Å². The van der Waals surface area contributed by atoms with Crippen LogP contribution in [0.5, 0.6) is 5.75 Å². The third-order valence-electron chi connectivity index (χ3n) is 5.64. The number of Topliss-reactive ketones (excluding diaryl/α,β-unsaturated/α-hetero) is 1. The highest BCUT2D eigenvalue weighted by Gasteiger charge is 2.31. The quantitative estimate of drug-likeness (QED) is 0.420. The average molecular weight is 452 g/mol. The molecule has 0 radical (unpaired) electrons. The van der Waals surface area contributed by atoms with Gasteiger partial charge in [0.2, 0.25) is 0 Å². The molecular weight excluding hydrogens is 434 g/mol. The van der Waals surface area contributed by atoms with Gasteiger partial charge in [-0.05, 0) is 43.2 Å². The summed E-state index contributed by atoms with van der Waals surface area (Å²) in [6.45, 7) is -0.342. The summed E-state index contributed by atoms with van der Waals surface area (Å²) in [5.74, 6) is -2.33. The van der Waals surface area contributed by atoms with Gasteiger partial charge in [-0.15, -0.1) is 0 Å². The number of halogens is 2. The Hall–Kier alpha value is -4.08. The molecule has 2 aromatic carbocycles. The molecule has 168 valence electrons. The predicted molar refractivity (Wildman–Crippen MR) is 115 cm³/mol. The lowest BCUT2D eigenvalue weighted by Gasteiger charge is -2.14. The second-order valence-electron chi connectivity index (χ2n) is 7.79. The number of hydrogen-bond acceptors (Lipinski definition) is 5. The lowest BCUT2D eigenvalue weighted by atomic mass is 10.1. The van der Waals surface area contributed by atoms with E-state index in [1.54, 1.807) is 24.3 Å². The van der Waals surface area contributed by atoms with E-state index >= 15 is 0 Å². The summed E-state index contributed by atoms with van der Waals surface area (Å²) in [4.78, 5) is 43.7. The zero-order valence-electron chi connectivity index (χ0n) is 17.5. The number of ketones is 1. The van der Waals surface area contributed by atoms with Crippen molar-refractivity contribution in [2.75, 3.05) is 7.11 Å². The fraction of sp³-hybridized carbons (Fsp3) is 0.217. The molecule has 2 heterocycles. The predicted octanol–water partition coefficient (Wildman–Crippen LogP) is 2.85. The lowest BCUT2D eigenvalue weighted by molar-refractivity contribution is 0.0972. The second-order valence-corrected chi connectivity index (χ2v) is 7.79. The minimum Gasteiger partial charge on any atom is -0.495 e. The number of carbonyl (C=O) groups is 1. The molecule has 0 atom stereocenters. The highest BCUT2D eigenvalue weighted by Crippen LogP contribution is 2.33. The topological polar surface area (TPSA) is 88.1 Å². The summed E-state index contributed by atoms with van der Waals surface area (Å²) in [6.07, 6.45) is 2.66. The number of methoxy groups -OCH3 is 1. The van der Waals surface area contributed by atoms with Gasteiger partial charge in [0.1, 0.15) is 5.75 Å². The number of nitrogens with zero attached hydrogens (tertiary/aromatic N) is 4. The summed E-state index contributed by atoms with van der Waals surface area (Å²) in [7, 11) is 1.47. The zero-order chi connectivity index (χ0) is 23.3. The monoisotopic (exact) mass is 452 g/mol. The molecule has 1 aliphatic carbocycles. The van der Waals surface area contributed by atoms with Gasteiger partial charge in [0.15, 0.2) is 28.6 Å². The average Bonchev–Trinajstić information content (AvgIpc) is 3.55. The highest BCUT2D eigenvalue weighted by molar-refractivity contribution is 5.96. The molecule has 1 fully saturated rings. The first-order chi connectivity index (χ1) is 15.9. The Morgan fingerprint density at radius 3 is 2.58 bits per heavy atom. The first-order valence-corrected chi connectivity index (χ1v) is 10.2. The van der Waals surface area contributed by atoms with Gasteiger partial charge in [-0.1, -0.05) is 12.1 Å². The number of aromatic nitrogens is 4. The summed E-state index contributed by atoms with van der Waals surface area (Å²) >= 11 is 0. The van der Waals surface area contributed by atoms with E-state index in [0.717, 1.165) is 12.1 Å². The van der Waals surface area contributed by atoms with Gasteiger partial charge in [-0.3, -0.25) is 14.2 Å². The van der Waals surface area contributed by atoms with Crippen molar-refractivity contribution in [3.05, 3.63) is 86.8 Å². The molecule has 0 aliphatic heterocycles. The normalized spacial score (nSPS) is 13.4. The van der Waals surface area contributed by atoms with E-state index in [0.29, 0.717) is 24.3 Å². The largest absolute Gasteiger partial charge is 0.495 e. The van der Waals surface area contributed by atoms with E-state index in [2.05, 4.69) is 4.98 Å². The fourth-order valence-electron chi connectivity index (χ4n) is 3.87. The third kappa shape index (κ3) is 3.43. The number of imidazole rings is 1. The molecule has 33 heavy (non-hydrogen) atoms. The van der Waals surface area contributed by atoms with Crippen LogP contribution in [0.3, 0.4) is 0 Å². The second kappa shape index (κ2) is 7.80. The van der Waals surface area contributed by atoms with Crippen LogP contribution in [0.2, 0.25) is 0 Å². The molecule has 0 N–H and O–H groups in total. The smallest absolute Gasteiger partial charge is 0.337 e. The van der Waals surface area contributed by atoms with Crippen molar-refractivity contribution in [2.24, 2.45) is 0 Å². The van der Waals surface area contributed by atoms with Crippen molar-refractivity contribution in [3.8, 4) is 11.4 Å². The van der Waals surface area contributed by atoms with Crippen molar-refractivity contribution in [1.29, 1.82) is 0 Å². The summed E-state index contributed by atoms with van der Waals surface area (Å²) in [6, 6.07) is 9.45. The maximum atomic E-state index is 13.6. The van der Waals surface area contributed by atoms with Crippen molar-refractivity contribution in [2.45, 2.75) is 25.4 Å². The highest BCUT2D eigenvalue weighted by atomic mass is 19.2. The van der Waals surface area contributed by atoms with Crippen LogP contribution in [0.1, 0.15) is 29.2 Å². The maximum absolute atomic E-state index is 13.6. The van der Waals surface area contributed by atoms with Crippen LogP contribution >= 0.6 is 0 Å². The van der Waals surface area contributed by atoms with Crippen molar-refractivity contribution >= 4 is 16.9 Å². The van der Waals surface area contributed by atoms with E-state index in [1.807, 2.05) is 0 Å². The molecule has 8 nitrogen and oxygen atoms in total. The van der Waals surface area contributed by atoms with Gasteiger partial charge >= 0.3 is 5.69 Å². The van der Waals surface area contributed by atoms with Crippen LogP contribution < -0.4 is 16.0 Å². The number of carbonyl (C=O) groups excluding carboxylic acids is 1. The van der Waals surface area contributed by atoms with Crippen LogP contribution in [0.4, 0.5) is 8.78 Å². The molecule has 1 aliphatic rings. The van der Waals surface area contributed by atoms with Gasteiger partial charge in [0.05, 0.1) is 25.7 Å². The molecule has 2 aromatic heterocycles. The number of benzene rings is 2. The fourth-order valence-corrected chi connectivity index (χ4v) is 3.87. The van der Waals surface area contributed by atoms with Crippen LogP contribution in [-0.4, -0.2) is 31.6 Å². The molecule has 4 aromatic rings. The number of ether oxygens (including phenoxy) is 1. The van der Waals surface area contributed by atoms with Crippen LogP contribution in [0.15, 0.2) is 58.4 Å². The van der Waals surface area contributed by atoms with Gasteiger partial charge in [-0.2, -0.15) is 0 Å².